The van der Waals surface area contributed by atoms with Crippen molar-refractivity contribution in [1.82, 2.24) is 20.3 Å². The predicted molar refractivity (Wildman–Crippen MR) is 116 cm³/mol. The fourth-order valence-corrected chi connectivity index (χ4v) is 3.13. The van der Waals surface area contributed by atoms with Crippen LogP contribution in [0.5, 0.6) is 0 Å². The molecule has 0 atom stereocenters. The number of hydrogen-bond donors (Lipinski definition) is 2. The Hall–Kier alpha value is -3.45. The zero-order valence-corrected chi connectivity index (χ0v) is 17.2. The zero-order valence-electron chi connectivity index (χ0n) is 17.2. The molecule has 2 N–H and O–H groups in total. The molecule has 7 nitrogen and oxygen atoms in total. The first kappa shape index (κ1) is 21.3. The standard InChI is InChI=1S/C23H25N5O2/c1-3-16-7-5-6-8-19(16)17-11-20(23(26-12-17)21(29)4-2)28-22(30)14-25-13-18-9-10-24-15-27-18/h5-12,15,25H,3-4,13-14H2,1-2H3,(H,28,30). The number of pyridine rings is 1. The van der Waals surface area contributed by atoms with Gasteiger partial charge in [0.1, 0.15) is 12.0 Å². The summed E-state index contributed by atoms with van der Waals surface area (Å²) in [5, 5.41) is 5.88. The molecule has 0 bridgehead atoms. The number of carbonyl (C=O) groups excluding carboxylic acids is 2. The minimum absolute atomic E-state index is 0.0829. The Kier molecular flexibility index (Phi) is 7.34. The van der Waals surface area contributed by atoms with E-state index in [9.17, 15) is 9.59 Å². The highest BCUT2D eigenvalue weighted by Crippen LogP contribution is 2.28. The number of carbonyl (C=O) groups is 2. The number of nitrogens with one attached hydrogen (secondary N) is 2. The lowest BCUT2D eigenvalue weighted by atomic mass is 9.98. The summed E-state index contributed by atoms with van der Waals surface area (Å²) >= 11 is 0. The third-order valence-corrected chi connectivity index (χ3v) is 4.69. The van der Waals surface area contributed by atoms with Gasteiger partial charge in [-0.05, 0) is 29.7 Å². The average Bonchev–Trinajstić information content (AvgIpc) is 2.79. The molecule has 2 aromatic heterocycles. The first-order valence-corrected chi connectivity index (χ1v) is 9.99. The van der Waals surface area contributed by atoms with Gasteiger partial charge < -0.3 is 10.6 Å². The number of hydrogen-bond acceptors (Lipinski definition) is 6. The Morgan fingerprint density at radius 2 is 1.90 bits per heavy atom. The molecule has 3 rings (SSSR count). The van der Waals surface area contributed by atoms with E-state index in [0.717, 1.165) is 23.2 Å². The minimum Gasteiger partial charge on any atom is -0.323 e. The molecule has 3 aromatic rings. The molecule has 2 heterocycles. The number of aromatic nitrogens is 3. The largest absolute Gasteiger partial charge is 0.323 e. The van der Waals surface area contributed by atoms with Crippen LogP contribution < -0.4 is 10.6 Å². The number of amides is 1. The van der Waals surface area contributed by atoms with Crippen LogP contribution in [-0.4, -0.2) is 33.2 Å². The van der Waals surface area contributed by atoms with Crippen LogP contribution in [0, 0.1) is 0 Å². The van der Waals surface area contributed by atoms with Crippen molar-refractivity contribution in [3.63, 3.8) is 0 Å². The van der Waals surface area contributed by atoms with Gasteiger partial charge in [-0.1, -0.05) is 38.1 Å². The molecular weight excluding hydrogens is 378 g/mol. The maximum absolute atomic E-state index is 12.5. The van der Waals surface area contributed by atoms with Crippen LogP contribution >= 0.6 is 0 Å². The van der Waals surface area contributed by atoms with Gasteiger partial charge in [0.25, 0.3) is 0 Å². The van der Waals surface area contributed by atoms with E-state index in [1.807, 2.05) is 24.3 Å². The zero-order chi connectivity index (χ0) is 21.3. The number of ketones is 1. The van der Waals surface area contributed by atoms with Crippen molar-refractivity contribution in [2.75, 3.05) is 11.9 Å². The van der Waals surface area contributed by atoms with Gasteiger partial charge in [-0.25, -0.2) is 9.97 Å². The normalized spacial score (nSPS) is 10.6. The Labute approximate surface area is 176 Å². The van der Waals surface area contributed by atoms with Crippen molar-refractivity contribution < 1.29 is 9.59 Å². The Morgan fingerprint density at radius 3 is 2.63 bits per heavy atom. The monoisotopic (exact) mass is 403 g/mol. The van der Waals surface area contributed by atoms with Gasteiger partial charge in [-0.3, -0.25) is 14.6 Å². The number of benzene rings is 1. The number of anilines is 1. The molecule has 7 heteroatoms. The Morgan fingerprint density at radius 1 is 1.07 bits per heavy atom. The summed E-state index contributed by atoms with van der Waals surface area (Å²) < 4.78 is 0. The highest BCUT2D eigenvalue weighted by Gasteiger charge is 2.16. The fourth-order valence-electron chi connectivity index (χ4n) is 3.13. The van der Waals surface area contributed by atoms with E-state index in [1.165, 1.54) is 11.9 Å². The lowest BCUT2D eigenvalue weighted by Crippen LogP contribution is -2.28. The minimum atomic E-state index is -0.253. The van der Waals surface area contributed by atoms with Crippen LogP contribution in [0.4, 0.5) is 5.69 Å². The summed E-state index contributed by atoms with van der Waals surface area (Å²) in [5.41, 5.74) is 4.58. The highest BCUT2D eigenvalue weighted by atomic mass is 16.2. The van der Waals surface area contributed by atoms with Crippen LogP contribution in [-0.2, 0) is 17.8 Å². The van der Waals surface area contributed by atoms with Crippen molar-refractivity contribution in [1.29, 1.82) is 0 Å². The predicted octanol–water partition coefficient (Wildman–Crippen LogP) is 3.42. The van der Waals surface area contributed by atoms with E-state index >= 15 is 0 Å². The van der Waals surface area contributed by atoms with Gasteiger partial charge >= 0.3 is 0 Å². The summed E-state index contributed by atoms with van der Waals surface area (Å²) in [5.74, 6) is -0.369. The van der Waals surface area contributed by atoms with Gasteiger partial charge in [-0.15, -0.1) is 0 Å². The second kappa shape index (κ2) is 10.4. The quantitative estimate of drug-likeness (QED) is 0.532. The van der Waals surface area contributed by atoms with Crippen molar-refractivity contribution in [3.05, 3.63) is 72.1 Å². The summed E-state index contributed by atoms with van der Waals surface area (Å²) in [4.78, 5) is 37.2. The summed E-state index contributed by atoms with van der Waals surface area (Å²) in [6, 6.07) is 11.7. The molecule has 0 aliphatic carbocycles. The third kappa shape index (κ3) is 5.33. The number of aryl methyl sites for hydroxylation is 1. The van der Waals surface area contributed by atoms with Crippen LogP contribution in [0.2, 0.25) is 0 Å². The van der Waals surface area contributed by atoms with Crippen LogP contribution in [0.25, 0.3) is 11.1 Å². The lowest BCUT2D eigenvalue weighted by molar-refractivity contribution is -0.115. The number of nitrogens with zero attached hydrogens (tertiary/aromatic N) is 3. The van der Waals surface area contributed by atoms with E-state index in [2.05, 4.69) is 38.6 Å². The summed E-state index contributed by atoms with van der Waals surface area (Å²) in [6.45, 7) is 4.39. The van der Waals surface area contributed by atoms with Crippen LogP contribution in [0.3, 0.4) is 0 Å². The van der Waals surface area contributed by atoms with Crippen molar-refractivity contribution >= 4 is 17.4 Å². The highest BCUT2D eigenvalue weighted by molar-refractivity contribution is 6.04. The topological polar surface area (TPSA) is 96.9 Å². The molecule has 0 fully saturated rings. The fraction of sp³-hybridized carbons (Fsp3) is 0.261. The molecule has 0 saturated heterocycles. The van der Waals surface area contributed by atoms with Crippen molar-refractivity contribution in [2.45, 2.75) is 33.2 Å². The molecule has 1 amide bonds. The van der Waals surface area contributed by atoms with Crippen LogP contribution in [0.1, 0.15) is 42.0 Å². The molecule has 0 aliphatic heterocycles. The molecule has 0 radical (unpaired) electrons. The molecule has 154 valence electrons. The SMILES string of the molecule is CCC(=O)c1ncc(-c2ccccc2CC)cc1NC(=O)CNCc1ccncn1. The van der Waals surface area contributed by atoms with Gasteiger partial charge in [0.2, 0.25) is 5.91 Å². The molecule has 0 spiro atoms. The second-order valence-electron chi connectivity index (χ2n) is 6.76. The molecule has 0 aliphatic rings. The summed E-state index contributed by atoms with van der Waals surface area (Å²) in [7, 11) is 0. The van der Waals surface area contributed by atoms with E-state index in [0.29, 0.717) is 18.7 Å². The van der Waals surface area contributed by atoms with Crippen LogP contribution in [0.15, 0.2) is 55.1 Å². The third-order valence-electron chi connectivity index (χ3n) is 4.69. The Bertz CT molecular complexity index is 1020. The molecule has 1 aromatic carbocycles. The Balaban J connectivity index is 1.78. The first-order valence-electron chi connectivity index (χ1n) is 9.99. The second-order valence-corrected chi connectivity index (χ2v) is 6.76. The maximum Gasteiger partial charge on any atom is 0.238 e. The van der Waals surface area contributed by atoms with E-state index < -0.39 is 0 Å². The maximum atomic E-state index is 12.5. The first-order chi connectivity index (χ1) is 14.6. The lowest BCUT2D eigenvalue weighted by Gasteiger charge is -2.13. The molecule has 0 saturated carbocycles. The molecular formula is C23H25N5O2. The van der Waals surface area contributed by atoms with Gasteiger partial charge in [-0.2, -0.15) is 0 Å². The van der Waals surface area contributed by atoms with E-state index in [-0.39, 0.29) is 23.9 Å². The van der Waals surface area contributed by atoms with Gasteiger partial charge in [0.05, 0.1) is 17.9 Å². The number of rotatable bonds is 9. The summed E-state index contributed by atoms with van der Waals surface area (Å²) in [6.07, 6.45) is 6.00. The van der Waals surface area contributed by atoms with E-state index in [4.69, 9.17) is 0 Å². The molecule has 0 unspecified atom stereocenters. The van der Waals surface area contributed by atoms with Gasteiger partial charge in [0.15, 0.2) is 5.78 Å². The van der Waals surface area contributed by atoms with E-state index in [1.54, 1.807) is 25.4 Å². The smallest absolute Gasteiger partial charge is 0.238 e. The number of Topliss-reactive ketones (excluding diaryl/α,β-unsaturated/α-hetero) is 1. The van der Waals surface area contributed by atoms with Crippen molar-refractivity contribution in [3.8, 4) is 11.1 Å². The van der Waals surface area contributed by atoms with Gasteiger partial charge in [0, 0.05) is 30.9 Å². The molecule has 30 heavy (non-hydrogen) atoms. The average molecular weight is 403 g/mol. The van der Waals surface area contributed by atoms with Crippen molar-refractivity contribution in [2.24, 2.45) is 0 Å².